The predicted octanol–water partition coefficient (Wildman–Crippen LogP) is 3.43. The minimum atomic E-state index is -0.116. The van der Waals surface area contributed by atoms with E-state index in [1.807, 2.05) is 11.8 Å². The Bertz CT molecular complexity index is 307. The van der Waals surface area contributed by atoms with Crippen LogP contribution in [0.25, 0.3) is 0 Å². The van der Waals surface area contributed by atoms with Crippen LogP contribution in [0, 0.1) is 0 Å². The summed E-state index contributed by atoms with van der Waals surface area (Å²) in [4.78, 5) is 1.33. The van der Waals surface area contributed by atoms with Gasteiger partial charge in [-0.2, -0.15) is 0 Å². The van der Waals surface area contributed by atoms with Crippen LogP contribution in [0.2, 0.25) is 0 Å². The van der Waals surface area contributed by atoms with Gasteiger partial charge in [-0.25, -0.2) is 0 Å². The SMILES string of the molecule is CCSc1ccc(C2CCCC2O)cc1. The van der Waals surface area contributed by atoms with E-state index < -0.39 is 0 Å². The Balaban J connectivity index is 2.09. The highest BCUT2D eigenvalue weighted by molar-refractivity contribution is 7.99. The van der Waals surface area contributed by atoms with Crippen molar-refractivity contribution in [2.45, 2.75) is 43.1 Å². The van der Waals surface area contributed by atoms with Gasteiger partial charge < -0.3 is 5.11 Å². The van der Waals surface area contributed by atoms with E-state index in [1.165, 1.54) is 10.5 Å². The zero-order chi connectivity index (χ0) is 10.7. The molecule has 2 heteroatoms. The van der Waals surface area contributed by atoms with Crippen LogP contribution < -0.4 is 0 Å². The van der Waals surface area contributed by atoms with Gasteiger partial charge in [-0.3, -0.25) is 0 Å². The zero-order valence-electron chi connectivity index (χ0n) is 9.15. The second kappa shape index (κ2) is 5.04. The Morgan fingerprint density at radius 1 is 1.27 bits per heavy atom. The Kier molecular flexibility index (Phi) is 3.71. The molecular weight excluding hydrogens is 204 g/mol. The first kappa shape index (κ1) is 11.0. The Morgan fingerprint density at radius 2 is 2.00 bits per heavy atom. The summed E-state index contributed by atoms with van der Waals surface area (Å²) in [6, 6.07) is 8.71. The third-order valence-corrected chi connectivity index (χ3v) is 3.99. The van der Waals surface area contributed by atoms with Crippen molar-refractivity contribution in [2.24, 2.45) is 0 Å². The Hall–Kier alpha value is -0.470. The fraction of sp³-hybridized carbons (Fsp3) is 0.538. The van der Waals surface area contributed by atoms with Crippen LogP contribution >= 0.6 is 11.8 Å². The van der Waals surface area contributed by atoms with Crippen molar-refractivity contribution in [1.29, 1.82) is 0 Å². The molecule has 0 amide bonds. The molecule has 2 atom stereocenters. The number of aliphatic hydroxyl groups excluding tert-OH is 1. The highest BCUT2D eigenvalue weighted by atomic mass is 32.2. The number of rotatable bonds is 3. The zero-order valence-corrected chi connectivity index (χ0v) is 9.96. The van der Waals surface area contributed by atoms with Crippen molar-refractivity contribution < 1.29 is 5.11 Å². The van der Waals surface area contributed by atoms with Crippen LogP contribution in [0.1, 0.15) is 37.7 Å². The van der Waals surface area contributed by atoms with E-state index >= 15 is 0 Å². The Morgan fingerprint density at radius 3 is 2.53 bits per heavy atom. The predicted molar refractivity (Wildman–Crippen MR) is 65.4 cm³/mol. The lowest BCUT2D eigenvalue weighted by atomic mass is 9.96. The van der Waals surface area contributed by atoms with Crippen LogP contribution in [0.4, 0.5) is 0 Å². The molecule has 2 unspecified atom stereocenters. The van der Waals surface area contributed by atoms with Gasteiger partial charge in [0.05, 0.1) is 6.10 Å². The van der Waals surface area contributed by atoms with Crippen LogP contribution in [-0.2, 0) is 0 Å². The summed E-state index contributed by atoms with van der Waals surface area (Å²) in [5.41, 5.74) is 1.31. The summed E-state index contributed by atoms with van der Waals surface area (Å²) in [7, 11) is 0. The average Bonchev–Trinajstić information content (AvgIpc) is 2.66. The summed E-state index contributed by atoms with van der Waals surface area (Å²) < 4.78 is 0. The normalized spacial score (nSPS) is 25.7. The highest BCUT2D eigenvalue weighted by Crippen LogP contribution is 2.35. The number of benzene rings is 1. The first-order valence-electron chi connectivity index (χ1n) is 5.72. The van der Waals surface area contributed by atoms with Crippen LogP contribution in [0.15, 0.2) is 29.2 Å². The van der Waals surface area contributed by atoms with E-state index in [2.05, 4.69) is 31.2 Å². The van der Waals surface area contributed by atoms with Gasteiger partial charge in [0.25, 0.3) is 0 Å². The quantitative estimate of drug-likeness (QED) is 0.791. The molecule has 82 valence electrons. The first-order chi connectivity index (χ1) is 7.31. The number of hydrogen-bond donors (Lipinski definition) is 1. The van der Waals surface area contributed by atoms with Crippen molar-refractivity contribution in [3.8, 4) is 0 Å². The largest absolute Gasteiger partial charge is 0.392 e. The van der Waals surface area contributed by atoms with Gasteiger partial charge >= 0.3 is 0 Å². The van der Waals surface area contributed by atoms with Gasteiger partial charge in [0.1, 0.15) is 0 Å². The van der Waals surface area contributed by atoms with Crippen molar-refractivity contribution in [2.75, 3.05) is 5.75 Å². The molecule has 1 aromatic rings. The molecule has 0 radical (unpaired) electrons. The van der Waals surface area contributed by atoms with E-state index in [-0.39, 0.29) is 6.10 Å². The molecule has 1 aromatic carbocycles. The van der Waals surface area contributed by atoms with Gasteiger partial charge in [-0.1, -0.05) is 25.5 Å². The molecule has 0 heterocycles. The summed E-state index contributed by atoms with van der Waals surface area (Å²) in [5.74, 6) is 1.50. The third-order valence-electron chi connectivity index (χ3n) is 3.10. The molecule has 0 aromatic heterocycles. The van der Waals surface area contributed by atoms with E-state index in [1.54, 1.807) is 0 Å². The molecule has 15 heavy (non-hydrogen) atoms. The molecule has 1 saturated carbocycles. The molecule has 0 spiro atoms. The van der Waals surface area contributed by atoms with Crippen LogP contribution in [-0.4, -0.2) is 17.0 Å². The third kappa shape index (κ3) is 2.56. The van der Waals surface area contributed by atoms with Gasteiger partial charge in [0.2, 0.25) is 0 Å². The first-order valence-corrected chi connectivity index (χ1v) is 6.70. The molecule has 0 aliphatic heterocycles. The smallest absolute Gasteiger partial charge is 0.0608 e. The summed E-state index contributed by atoms with van der Waals surface area (Å²) in [6.45, 7) is 2.17. The second-order valence-electron chi connectivity index (χ2n) is 4.11. The summed E-state index contributed by atoms with van der Waals surface area (Å²) in [5, 5.41) is 9.81. The maximum atomic E-state index is 9.81. The monoisotopic (exact) mass is 222 g/mol. The number of thioether (sulfide) groups is 1. The van der Waals surface area contributed by atoms with Crippen molar-refractivity contribution >= 4 is 11.8 Å². The molecule has 1 aliphatic carbocycles. The van der Waals surface area contributed by atoms with Gasteiger partial charge in [-0.15, -0.1) is 11.8 Å². The summed E-state index contributed by atoms with van der Waals surface area (Å²) >= 11 is 1.86. The molecule has 1 nitrogen and oxygen atoms in total. The molecule has 0 bridgehead atoms. The van der Waals surface area contributed by atoms with E-state index in [0.717, 1.165) is 25.0 Å². The molecule has 1 aliphatic rings. The lowest BCUT2D eigenvalue weighted by molar-refractivity contribution is 0.164. The molecule has 1 fully saturated rings. The lowest BCUT2D eigenvalue weighted by Gasteiger charge is -2.14. The standard InChI is InChI=1S/C13H18OS/c1-2-15-11-8-6-10(7-9-11)12-4-3-5-13(12)14/h6-9,12-14H,2-5H2,1H3. The van der Waals surface area contributed by atoms with Crippen molar-refractivity contribution in [3.05, 3.63) is 29.8 Å². The number of aliphatic hydroxyl groups is 1. The second-order valence-corrected chi connectivity index (χ2v) is 5.44. The maximum absolute atomic E-state index is 9.81. The van der Waals surface area contributed by atoms with E-state index in [0.29, 0.717) is 5.92 Å². The molecule has 2 rings (SSSR count). The average molecular weight is 222 g/mol. The highest BCUT2D eigenvalue weighted by Gasteiger charge is 2.26. The summed E-state index contributed by atoms with van der Waals surface area (Å²) in [6.07, 6.45) is 3.16. The molecule has 0 saturated heterocycles. The van der Waals surface area contributed by atoms with Crippen LogP contribution in [0.5, 0.6) is 0 Å². The fourth-order valence-corrected chi connectivity index (χ4v) is 2.97. The van der Waals surface area contributed by atoms with Gasteiger partial charge in [0.15, 0.2) is 0 Å². The van der Waals surface area contributed by atoms with Gasteiger partial charge in [0, 0.05) is 10.8 Å². The van der Waals surface area contributed by atoms with Crippen molar-refractivity contribution in [3.63, 3.8) is 0 Å². The van der Waals surface area contributed by atoms with E-state index in [9.17, 15) is 5.11 Å². The lowest BCUT2D eigenvalue weighted by Crippen LogP contribution is -2.10. The van der Waals surface area contributed by atoms with E-state index in [4.69, 9.17) is 0 Å². The molecular formula is C13H18OS. The topological polar surface area (TPSA) is 20.2 Å². The molecule has 1 N–H and O–H groups in total. The minimum Gasteiger partial charge on any atom is -0.392 e. The Labute approximate surface area is 95.9 Å². The van der Waals surface area contributed by atoms with Crippen LogP contribution in [0.3, 0.4) is 0 Å². The van der Waals surface area contributed by atoms with Gasteiger partial charge in [-0.05, 0) is 36.3 Å². The number of hydrogen-bond acceptors (Lipinski definition) is 2. The minimum absolute atomic E-state index is 0.116. The van der Waals surface area contributed by atoms with Crippen molar-refractivity contribution in [1.82, 2.24) is 0 Å². The fourth-order valence-electron chi connectivity index (χ4n) is 2.31. The maximum Gasteiger partial charge on any atom is 0.0608 e.